The molecule has 0 unspecified atom stereocenters. The molecule has 1 N–H and O–H groups in total. The van der Waals surface area contributed by atoms with Crippen molar-refractivity contribution < 1.29 is 18.9 Å². The standard InChI is InChI=1S/C18H18ClN3O4/c1-23-14-8-13(15(24-2)6-11(14)19)22-18-10-5-16(25-3)17(26-4)7-12(10)20-9-21-18/h5-9H,1-4H3,(H,20,21,22). The van der Waals surface area contributed by atoms with Crippen LogP contribution in [-0.2, 0) is 0 Å². The molecule has 3 rings (SSSR count). The lowest BCUT2D eigenvalue weighted by molar-refractivity contribution is 0.356. The highest BCUT2D eigenvalue weighted by atomic mass is 35.5. The zero-order valence-electron chi connectivity index (χ0n) is 14.8. The predicted molar refractivity (Wildman–Crippen MR) is 100 cm³/mol. The topological polar surface area (TPSA) is 74.7 Å². The van der Waals surface area contributed by atoms with Crippen molar-refractivity contribution >= 4 is 34.0 Å². The molecule has 26 heavy (non-hydrogen) atoms. The molecule has 2 aromatic carbocycles. The van der Waals surface area contributed by atoms with Crippen LogP contribution in [0.1, 0.15) is 0 Å². The second-order valence-electron chi connectivity index (χ2n) is 5.26. The van der Waals surface area contributed by atoms with Crippen LogP contribution in [0.15, 0.2) is 30.6 Å². The van der Waals surface area contributed by atoms with Gasteiger partial charge in [0.05, 0.1) is 44.7 Å². The number of benzene rings is 2. The number of nitrogens with one attached hydrogen (secondary N) is 1. The molecule has 0 bridgehead atoms. The van der Waals surface area contributed by atoms with Gasteiger partial charge >= 0.3 is 0 Å². The summed E-state index contributed by atoms with van der Waals surface area (Å²) in [7, 11) is 6.27. The highest BCUT2D eigenvalue weighted by Gasteiger charge is 2.14. The van der Waals surface area contributed by atoms with Crippen LogP contribution < -0.4 is 24.3 Å². The minimum Gasteiger partial charge on any atom is -0.495 e. The van der Waals surface area contributed by atoms with Crippen LogP contribution in [0.5, 0.6) is 23.0 Å². The third-order valence-electron chi connectivity index (χ3n) is 3.87. The summed E-state index contributed by atoms with van der Waals surface area (Å²) in [4.78, 5) is 8.63. The lowest BCUT2D eigenvalue weighted by Gasteiger charge is -2.15. The first-order valence-electron chi connectivity index (χ1n) is 7.66. The molecule has 7 nitrogen and oxygen atoms in total. The van der Waals surface area contributed by atoms with Gasteiger partial charge in [-0.1, -0.05) is 11.6 Å². The van der Waals surface area contributed by atoms with E-state index < -0.39 is 0 Å². The van der Waals surface area contributed by atoms with E-state index in [1.54, 1.807) is 46.6 Å². The van der Waals surface area contributed by atoms with Crippen LogP contribution in [0.25, 0.3) is 10.9 Å². The number of aromatic nitrogens is 2. The van der Waals surface area contributed by atoms with Crippen LogP contribution in [0.2, 0.25) is 5.02 Å². The second-order valence-corrected chi connectivity index (χ2v) is 5.67. The van der Waals surface area contributed by atoms with E-state index >= 15 is 0 Å². The van der Waals surface area contributed by atoms with Gasteiger partial charge in [0.1, 0.15) is 23.6 Å². The predicted octanol–water partition coefficient (Wildman–Crippen LogP) is 4.06. The van der Waals surface area contributed by atoms with Crippen molar-refractivity contribution in [3.63, 3.8) is 0 Å². The molecule has 3 aromatic rings. The Morgan fingerprint density at radius 1 is 0.769 bits per heavy atom. The van der Waals surface area contributed by atoms with E-state index in [9.17, 15) is 0 Å². The van der Waals surface area contributed by atoms with E-state index in [0.29, 0.717) is 45.0 Å². The molecule has 8 heteroatoms. The van der Waals surface area contributed by atoms with Crippen LogP contribution in [0.4, 0.5) is 11.5 Å². The van der Waals surface area contributed by atoms with Gasteiger partial charge in [-0.2, -0.15) is 0 Å². The van der Waals surface area contributed by atoms with E-state index in [2.05, 4.69) is 15.3 Å². The Balaban J connectivity index is 2.12. The molecular formula is C18H18ClN3O4. The molecule has 136 valence electrons. The number of hydrogen-bond donors (Lipinski definition) is 1. The highest BCUT2D eigenvalue weighted by molar-refractivity contribution is 6.32. The number of rotatable bonds is 6. The van der Waals surface area contributed by atoms with Crippen molar-refractivity contribution in [2.45, 2.75) is 0 Å². The molecule has 0 amide bonds. The monoisotopic (exact) mass is 375 g/mol. The molecule has 0 saturated carbocycles. The van der Waals surface area contributed by atoms with E-state index in [0.717, 1.165) is 5.39 Å². The molecule has 1 aromatic heterocycles. The Labute approximate surface area is 155 Å². The van der Waals surface area contributed by atoms with Crippen LogP contribution in [0, 0.1) is 0 Å². The summed E-state index contributed by atoms with van der Waals surface area (Å²) < 4.78 is 21.4. The van der Waals surface area contributed by atoms with E-state index in [1.165, 1.54) is 6.33 Å². The Morgan fingerprint density at radius 3 is 2.08 bits per heavy atom. The van der Waals surface area contributed by atoms with Gasteiger partial charge < -0.3 is 24.3 Å². The molecule has 0 aliphatic carbocycles. The number of hydrogen-bond acceptors (Lipinski definition) is 7. The Hall–Kier alpha value is -2.93. The number of anilines is 2. The van der Waals surface area contributed by atoms with Gasteiger partial charge in [0.25, 0.3) is 0 Å². The van der Waals surface area contributed by atoms with Crippen molar-refractivity contribution in [3.8, 4) is 23.0 Å². The van der Waals surface area contributed by atoms with Crippen LogP contribution in [-0.4, -0.2) is 38.4 Å². The SMILES string of the molecule is COc1cc(Nc2ncnc3cc(OC)c(OC)cc23)c(OC)cc1Cl. The van der Waals surface area contributed by atoms with E-state index in [-0.39, 0.29) is 0 Å². The Kier molecular flexibility index (Phi) is 5.18. The van der Waals surface area contributed by atoms with Crippen molar-refractivity contribution in [2.24, 2.45) is 0 Å². The molecule has 0 atom stereocenters. The number of methoxy groups -OCH3 is 4. The fraction of sp³-hybridized carbons (Fsp3) is 0.222. The average Bonchev–Trinajstić information content (AvgIpc) is 2.67. The first kappa shape index (κ1) is 17.9. The lowest BCUT2D eigenvalue weighted by atomic mass is 10.2. The molecule has 0 aliphatic heterocycles. The summed E-state index contributed by atoms with van der Waals surface area (Å²) in [5.41, 5.74) is 1.36. The largest absolute Gasteiger partial charge is 0.495 e. The van der Waals surface area contributed by atoms with Gasteiger partial charge in [-0.25, -0.2) is 9.97 Å². The first-order valence-corrected chi connectivity index (χ1v) is 8.04. The molecule has 0 spiro atoms. The molecule has 1 heterocycles. The van der Waals surface area contributed by atoms with Gasteiger partial charge in [-0.05, 0) is 6.07 Å². The minimum absolute atomic E-state index is 0.453. The summed E-state index contributed by atoms with van der Waals surface area (Å²) in [5.74, 6) is 2.84. The maximum atomic E-state index is 6.16. The lowest BCUT2D eigenvalue weighted by Crippen LogP contribution is -2.00. The van der Waals surface area contributed by atoms with Crippen molar-refractivity contribution in [1.82, 2.24) is 9.97 Å². The first-order chi connectivity index (χ1) is 12.6. The molecule has 0 aliphatic rings. The number of ether oxygens (including phenoxy) is 4. The Bertz CT molecular complexity index is 949. The van der Waals surface area contributed by atoms with Gasteiger partial charge in [-0.15, -0.1) is 0 Å². The number of nitrogens with zero attached hydrogens (tertiary/aromatic N) is 2. The molecule has 0 saturated heterocycles. The summed E-state index contributed by atoms with van der Waals surface area (Å²) in [6.45, 7) is 0. The van der Waals surface area contributed by atoms with Crippen molar-refractivity contribution in [1.29, 1.82) is 0 Å². The van der Waals surface area contributed by atoms with Gasteiger partial charge in [0, 0.05) is 23.6 Å². The third kappa shape index (κ3) is 3.25. The van der Waals surface area contributed by atoms with Crippen LogP contribution >= 0.6 is 11.6 Å². The van der Waals surface area contributed by atoms with Crippen LogP contribution in [0.3, 0.4) is 0 Å². The number of halogens is 1. The zero-order chi connectivity index (χ0) is 18.7. The zero-order valence-corrected chi connectivity index (χ0v) is 15.5. The van der Waals surface area contributed by atoms with Crippen molar-refractivity contribution in [3.05, 3.63) is 35.6 Å². The van der Waals surface area contributed by atoms with Gasteiger partial charge in [-0.3, -0.25) is 0 Å². The Morgan fingerprint density at radius 2 is 1.42 bits per heavy atom. The quantitative estimate of drug-likeness (QED) is 0.696. The maximum absolute atomic E-state index is 6.16. The van der Waals surface area contributed by atoms with Gasteiger partial charge in [0.2, 0.25) is 0 Å². The maximum Gasteiger partial charge on any atom is 0.162 e. The fourth-order valence-electron chi connectivity index (χ4n) is 2.57. The third-order valence-corrected chi connectivity index (χ3v) is 4.16. The minimum atomic E-state index is 0.453. The summed E-state index contributed by atoms with van der Waals surface area (Å²) in [6.07, 6.45) is 1.47. The fourth-order valence-corrected chi connectivity index (χ4v) is 2.80. The highest BCUT2D eigenvalue weighted by Crippen LogP contribution is 2.39. The number of fused-ring (bicyclic) bond motifs is 1. The average molecular weight is 376 g/mol. The van der Waals surface area contributed by atoms with Crippen molar-refractivity contribution in [2.75, 3.05) is 33.8 Å². The smallest absolute Gasteiger partial charge is 0.162 e. The summed E-state index contributed by atoms with van der Waals surface area (Å²) >= 11 is 6.16. The summed E-state index contributed by atoms with van der Waals surface area (Å²) in [6, 6.07) is 7.03. The normalized spacial score (nSPS) is 10.5. The molecular weight excluding hydrogens is 358 g/mol. The summed E-state index contributed by atoms with van der Waals surface area (Å²) in [5, 5.41) is 4.46. The second kappa shape index (κ2) is 7.53. The molecule has 0 fully saturated rings. The van der Waals surface area contributed by atoms with Gasteiger partial charge in [0.15, 0.2) is 11.5 Å². The van der Waals surface area contributed by atoms with E-state index in [1.807, 2.05) is 6.07 Å². The molecule has 0 radical (unpaired) electrons. The van der Waals surface area contributed by atoms with E-state index in [4.69, 9.17) is 30.5 Å².